The molecule has 0 amide bonds. The molecule has 2 rings (SSSR count). The van der Waals surface area contributed by atoms with E-state index in [9.17, 15) is 4.79 Å². The van der Waals surface area contributed by atoms with Crippen molar-refractivity contribution in [2.45, 2.75) is 45.6 Å². The number of methoxy groups -OCH3 is 1. The van der Waals surface area contributed by atoms with Gasteiger partial charge in [-0.25, -0.2) is 9.78 Å². The number of esters is 1. The molecule has 0 radical (unpaired) electrons. The molecule has 1 aliphatic heterocycles. The number of carbonyl (C=O) groups excluding carboxylic acids is 1. The van der Waals surface area contributed by atoms with Gasteiger partial charge in [-0.2, -0.15) is 0 Å². The Hall–Kier alpha value is -1.03. The quantitative estimate of drug-likeness (QED) is 0.794. The van der Waals surface area contributed by atoms with Gasteiger partial charge in [0.25, 0.3) is 0 Å². The fourth-order valence-corrected chi connectivity index (χ4v) is 2.82. The summed E-state index contributed by atoms with van der Waals surface area (Å²) in [5.74, 6) is 1.18. The van der Waals surface area contributed by atoms with Crippen LogP contribution in [0.5, 0.6) is 0 Å². The van der Waals surface area contributed by atoms with Gasteiger partial charge in [-0.3, -0.25) is 0 Å². The zero-order chi connectivity index (χ0) is 13.3. The molecule has 4 nitrogen and oxygen atoms in total. The normalized spacial score (nSPS) is 18.8. The highest BCUT2D eigenvalue weighted by atomic mass is 35.5. The Kier molecular flexibility index (Phi) is 3.95. The molecule has 1 unspecified atom stereocenters. The predicted molar refractivity (Wildman–Crippen MR) is 69.8 cm³/mol. The maximum atomic E-state index is 11.9. The Balaban J connectivity index is 2.43. The molecular formula is C13H19ClN2O2. The monoisotopic (exact) mass is 270 g/mol. The first-order valence-corrected chi connectivity index (χ1v) is 6.75. The van der Waals surface area contributed by atoms with Crippen molar-refractivity contribution in [3.63, 3.8) is 0 Å². The van der Waals surface area contributed by atoms with Crippen LogP contribution in [0.3, 0.4) is 0 Å². The molecule has 0 spiro atoms. The molecule has 0 N–H and O–H groups in total. The summed E-state index contributed by atoms with van der Waals surface area (Å²) in [4.78, 5) is 16.3. The minimum atomic E-state index is -0.257. The van der Waals surface area contributed by atoms with Crippen LogP contribution in [0.1, 0.15) is 44.2 Å². The summed E-state index contributed by atoms with van der Waals surface area (Å²) in [5.41, 5.74) is 0.981. The lowest BCUT2D eigenvalue weighted by Crippen LogP contribution is -2.28. The number of nitrogens with zero attached hydrogens (tertiary/aromatic N) is 2. The highest BCUT2D eigenvalue weighted by Gasteiger charge is 2.31. The lowest BCUT2D eigenvalue weighted by molar-refractivity contribution is -0.145. The molecule has 2 heterocycles. The van der Waals surface area contributed by atoms with Crippen molar-refractivity contribution in [2.75, 3.05) is 7.11 Å². The predicted octanol–water partition coefficient (Wildman–Crippen LogP) is 2.79. The van der Waals surface area contributed by atoms with E-state index in [1.165, 1.54) is 7.11 Å². The van der Waals surface area contributed by atoms with E-state index in [-0.39, 0.29) is 12.0 Å². The van der Waals surface area contributed by atoms with Crippen molar-refractivity contribution in [3.8, 4) is 0 Å². The first-order valence-electron chi connectivity index (χ1n) is 6.38. The minimum absolute atomic E-state index is 0.199. The first kappa shape index (κ1) is 13.4. The van der Waals surface area contributed by atoms with Crippen LogP contribution in [0.4, 0.5) is 0 Å². The summed E-state index contributed by atoms with van der Waals surface area (Å²) in [6, 6.07) is -0.257. The Morgan fingerprint density at radius 2 is 2.33 bits per heavy atom. The standard InChI is InChI=1S/C13H19ClN2O2/c1-8(2)7-11-15-12(14)9-5-4-6-10(16(9)11)13(17)18-3/h8,10H,4-7H2,1-3H3. The molecule has 0 fully saturated rings. The van der Waals surface area contributed by atoms with Crippen LogP contribution in [0.15, 0.2) is 0 Å². The third-order valence-electron chi connectivity index (χ3n) is 3.30. The van der Waals surface area contributed by atoms with Gasteiger partial charge in [0.2, 0.25) is 0 Å². The zero-order valence-electron chi connectivity index (χ0n) is 11.1. The van der Waals surface area contributed by atoms with Crippen LogP contribution in [0.2, 0.25) is 5.15 Å². The number of carbonyl (C=O) groups is 1. The van der Waals surface area contributed by atoms with Crippen LogP contribution in [-0.4, -0.2) is 22.6 Å². The van der Waals surface area contributed by atoms with Crippen LogP contribution >= 0.6 is 11.6 Å². The lowest BCUT2D eigenvalue weighted by Gasteiger charge is -2.25. The number of halogens is 1. The van der Waals surface area contributed by atoms with E-state index in [2.05, 4.69) is 18.8 Å². The fraction of sp³-hybridized carbons (Fsp3) is 0.692. The number of rotatable bonds is 3. The van der Waals surface area contributed by atoms with Crippen LogP contribution in [-0.2, 0) is 22.4 Å². The topological polar surface area (TPSA) is 44.1 Å². The molecule has 0 aliphatic carbocycles. The summed E-state index contributed by atoms with van der Waals surface area (Å²) in [7, 11) is 1.43. The third-order valence-corrected chi connectivity index (χ3v) is 3.60. The molecule has 18 heavy (non-hydrogen) atoms. The van der Waals surface area contributed by atoms with Crippen molar-refractivity contribution in [1.29, 1.82) is 0 Å². The number of hydrogen-bond donors (Lipinski definition) is 0. The largest absolute Gasteiger partial charge is 0.467 e. The van der Waals surface area contributed by atoms with Crippen molar-refractivity contribution < 1.29 is 9.53 Å². The van der Waals surface area contributed by atoms with Gasteiger partial charge in [-0.05, 0) is 25.2 Å². The molecule has 1 atom stereocenters. The van der Waals surface area contributed by atoms with E-state index < -0.39 is 0 Å². The Bertz CT molecular complexity index is 454. The molecule has 5 heteroatoms. The lowest BCUT2D eigenvalue weighted by atomic mass is 10.0. The van der Waals surface area contributed by atoms with Gasteiger partial charge in [0.1, 0.15) is 11.9 Å². The molecule has 100 valence electrons. The summed E-state index contributed by atoms with van der Waals surface area (Å²) in [5, 5.41) is 0.541. The molecular weight excluding hydrogens is 252 g/mol. The van der Waals surface area contributed by atoms with Gasteiger partial charge in [-0.1, -0.05) is 25.4 Å². The smallest absolute Gasteiger partial charge is 0.328 e. The molecule has 0 bridgehead atoms. The van der Waals surface area contributed by atoms with Crippen LogP contribution < -0.4 is 0 Å². The Morgan fingerprint density at radius 1 is 1.61 bits per heavy atom. The van der Waals surface area contributed by atoms with Crippen molar-refractivity contribution in [1.82, 2.24) is 9.55 Å². The molecule has 0 saturated heterocycles. The van der Waals surface area contributed by atoms with E-state index in [1.807, 2.05) is 4.57 Å². The number of ether oxygens (including phenoxy) is 1. The van der Waals surface area contributed by atoms with E-state index >= 15 is 0 Å². The molecule has 1 aromatic heterocycles. The molecule has 0 saturated carbocycles. The van der Waals surface area contributed by atoms with Crippen molar-refractivity contribution in [3.05, 3.63) is 16.7 Å². The third kappa shape index (κ3) is 2.39. The second-order valence-electron chi connectivity index (χ2n) is 5.16. The second-order valence-corrected chi connectivity index (χ2v) is 5.52. The van der Waals surface area contributed by atoms with Crippen LogP contribution in [0.25, 0.3) is 0 Å². The first-order chi connectivity index (χ1) is 8.54. The van der Waals surface area contributed by atoms with E-state index in [0.717, 1.165) is 37.2 Å². The van der Waals surface area contributed by atoms with Crippen molar-refractivity contribution in [2.24, 2.45) is 5.92 Å². The van der Waals surface area contributed by atoms with Gasteiger partial charge >= 0.3 is 5.97 Å². The maximum Gasteiger partial charge on any atom is 0.328 e. The number of fused-ring (bicyclic) bond motifs is 1. The SMILES string of the molecule is COC(=O)C1CCCc2c(Cl)nc(CC(C)C)n21. The summed E-state index contributed by atoms with van der Waals surface area (Å²) in [6.07, 6.45) is 3.47. The van der Waals surface area contributed by atoms with Gasteiger partial charge < -0.3 is 9.30 Å². The fourth-order valence-electron chi connectivity index (χ4n) is 2.54. The zero-order valence-corrected chi connectivity index (χ0v) is 11.8. The van der Waals surface area contributed by atoms with Crippen molar-refractivity contribution >= 4 is 17.6 Å². The highest BCUT2D eigenvalue weighted by molar-refractivity contribution is 6.30. The Labute approximate surface area is 112 Å². The van der Waals surface area contributed by atoms with E-state index in [0.29, 0.717) is 11.1 Å². The highest BCUT2D eigenvalue weighted by Crippen LogP contribution is 2.32. The number of aromatic nitrogens is 2. The summed E-state index contributed by atoms with van der Waals surface area (Å²) >= 11 is 6.18. The average molecular weight is 271 g/mol. The molecule has 1 aliphatic rings. The summed E-state index contributed by atoms with van der Waals surface area (Å²) in [6.45, 7) is 4.26. The number of imidazole rings is 1. The second kappa shape index (κ2) is 5.31. The minimum Gasteiger partial charge on any atom is -0.467 e. The average Bonchev–Trinajstić information content (AvgIpc) is 2.65. The van der Waals surface area contributed by atoms with E-state index in [1.54, 1.807) is 0 Å². The maximum absolute atomic E-state index is 11.9. The van der Waals surface area contributed by atoms with E-state index in [4.69, 9.17) is 16.3 Å². The van der Waals surface area contributed by atoms with Gasteiger partial charge in [0.15, 0.2) is 5.15 Å². The van der Waals surface area contributed by atoms with Gasteiger partial charge in [-0.15, -0.1) is 0 Å². The van der Waals surface area contributed by atoms with Gasteiger partial charge in [0, 0.05) is 6.42 Å². The number of hydrogen-bond acceptors (Lipinski definition) is 3. The van der Waals surface area contributed by atoms with Gasteiger partial charge in [0.05, 0.1) is 12.8 Å². The molecule has 0 aromatic carbocycles. The molecule has 1 aromatic rings. The van der Waals surface area contributed by atoms with Crippen LogP contribution in [0, 0.1) is 5.92 Å². The summed E-state index contributed by atoms with van der Waals surface area (Å²) < 4.78 is 6.88. The Morgan fingerprint density at radius 3 is 2.94 bits per heavy atom.